The van der Waals surface area contributed by atoms with Crippen molar-refractivity contribution < 1.29 is 47.5 Å². The molecule has 0 radical (unpaired) electrons. The van der Waals surface area contributed by atoms with E-state index in [1.165, 1.54) is 122 Å². The summed E-state index contributed by atoms with van der Waals surface area (Å²) in [5.74, 6) is -2.38. The first-order valence-corrected chi connectivity index (χ1v) is 25.4. The van der Waals surface area contributed by atoms with Crippen LogP contribution in [0, 0.1) is 0 Å². The van der Waals surface area contributed by atoms with Crippen molar-refractivity contribution >= 4 is 25.7 Å². The van der Waals surface area contributed by atoms with Gasteiger partial charge in [0.15, 0.2) is 6.10 Å². The van der Waals surface area contributed by atoms with Gasteiger partial charge in [-0.1, -0.05) is 192 Å². The van der Waals surface area contributed by atoms with Gasteiger partial charge < -0.3 is 25.2 Å². The minimum absolute atomic E-state index is 0.148. The first-order chi connectivity index (χ1) is 28.6. The number of ether oxygens (including phenoxy) is 2. The van der Waals surface area contributed by atoms with Gasteiger partial charge in [-0.2, -0.15) is 0 Å². The number of nitrogens with two attached hydrogens (primary N) is 1. The zero-order valence-corrected chi connectivity index (χ0v) is 38.5. The SMILES string of the molecule is CCCCC/C=C/C/C=C/CCCCCCCC(=O)O[C@@H](COC(=O)CCCCCCCCCCCCCCCCCCCCCC)COP(=O)(O)OC[C@@H](N)C(=O)O. The molecule has 346 valence electrons. The van der Waals surface area contributed by atoms with Gasteiger partial charge in [0.05, 0.1) is 13.2 Å². The van der Waals surface area contributed by atoms with Crippen molar-refractivity contribution in [1.29, 1.82) is 0 Å². The number of rotatable bonds is 45. The van der Waals surface area contributed by atoms with Crippen LogP contribution in [0.5, 0.6) is 0 Å². The number of phosphoric acid groups is 1. The Balaban J connectivity index is 4.26. The van der Waals surface area contributed by atoms with Crippen LogP contribution in [0.15, 0.2) is 24.3 Å². The second-order valence-corrected chi connectivity index (χ2v) is 17.7. The summed E-state index contributed by atoms with van der Waals surface area (Å²) in [6.45, 7) is 2.79. The number of esters is 2. The van der Waals surface area contributed by atoms with Gasteiger partial charge in [-0.15, -0.1) is 0 Å². The van der Waals surface area contributed by atoms with Gasteiger partial charge in [-0.05, 0) is 44.9 Å². The highest BCUT2D eigenvalue weighted by molar-refractivity contribution is 7.47. The molecule has 0 heterocycles. The van der Waals surface area contributed by atoms with Crippen LogP contribution in [-0.4, -0.2) is 59.9 Å². The Kier molecular flexibility index (Phi) is 41.2. The molecule has 3 atom stereocenters. The quantitative estimate of drug-likeness (QED) is 0.0230. The van der Waals surface area contributed by atoms with Crippen molar-refractivity contribution in [1.82, 2.24) is 0 Å². The highest BCUT2D eigenvalue weighted by Gasteiger charge is 2.28. The Hall–Kier alpha value is -2.04. The summed E-state index contributed by atoms with van der Waals surface area (Å²) in [6, 6.07) is -1.52. The molecule has 0 aliphatic carbocycles. The topological polar surface area (TPSA) is 172 Å². The zero-order chi connectivity index (χ0) is 43.5. The van der Waals surface area contributed by atoms with Crippen molar-refractivity contribution in [3.63, 3.8) is 0 Å². The van der Waals surface area contributed by atoms with Gasteiger partial charge in [-0.3, -0.25) is 23.4 Å². The number of carboxylic acid groups (broad SMARTS) is 1. The van der Waals surface area contributed by atoms with E-state index in [2.05, 4.69) is 42.7 Å². The van der Waals surface area contributed by atoms with Crippen molar-refractivity contribution in [2.24, 2.45) is 5.73 Å². The van der Waals surface area contributed by atoms with Crippen LogP contribution in [-0.2, 0) is 37.5 Å². The van der Waals surface area contributed by atoms with Gasteiger partial charge in [-0.25, -0.2) is 4.57 Å². The standard InChI is InChI=1S/C47H88NO10P/c1-3-5-7-9-11-13-15-17-19-20-21-22-23-25-26-28-30-32-34-36-38-45(49)55-40-43(41-56-59(53,54)57-42-44(48)47(51)52)58-46(50)39-37-35-33-31-29-27-24-18-16-14-12-10-8-6-4-2/h12,14,18,24,43-44H,3-11,13,15-17,19-23,25-42,48H2,1-2H3,(H,51,52)(H,53,54)/b14-12+,24-18+/t43-,44+/m0/s1. The maximum absolute atomic E-state index is 12.6. The second kappa shape index (κ2) is 42.6. The molecule has 0 aliphatic rings. The van der Waals surface area contributed by atoms with Gasteiger partial charge in [0.1, 0.15) is 12.6 Å². The number of carbonyl (C=O) groups excluding carboxylic acids is 2. The smallest absolute Gasteiger partial charge is 0.472 e. The maximum Gasteiger partial charge on any atom is 0.472 e. The van der Waals surface area contributed by atoms with E-state index in [1.807, 2.05) is 0 Å². The molecule has 0 aromatic rings. The molecule has 12 heteroatoms. The average Bonchev–Trinajstić information content (AvgIpc) is 3.21. The Bertz CT molecular complexity index is 1100. The van der Waals surface area contributed by atoms with Gasteiger partial charge in [0, 0.05) is 12.8 Å². The molecule has 0 aromatic heterocycles. The number of unbranched alkanes of at least 4 members (excludes halogenated alkanes) is 27. The van der Waals surface area contributed by atoms with Gasteiger partial charge in [0.2, 0.25) is 0 Å². The first-order valence-electron chi connectivity index (χ1n) is 23.9. The molecule has 1 unspecified atom stereocenters. The zero-order valence-electron chi connectivity index (χ0n) is 37.6. The summed E-state index contributed by atoms with van der Waals surface area (Å²) in [5.41, 5.74) is 5.34. The third-order valence-electron chi connectivity index (χ3n) is 10.5. The summed E-state index contributed by atoms with van der Waals surface area (Å²) in [5, 5.41) is 8.90. The summed E-state index contributed by atoms with van der Waals surface area (Å²) in [6.07, 6.45) is 45.3. The minimum atomic E-state index is -4.72. The van der Waals surface area contributed by atoms with Crippen LogP contribution in [0.1, 0.15) is 226 Å². The van der Waals surface area contributed by atoms with Crippen molar-refractivity contribution in [3.05, 3.63) is 24.3 Å². The Labute approximate surface area is 360 Å². The van der Waals surface area contributed by atoms with Crippen LogP contribution in [0.25, 0.3) is 0 Å². The van der Waals surface area contributed by atoms with Crippen molar-refractivity contribution in [2.75, 3.05) is 19.8 Å². The number of allylic oxidation sites excluding steroid dienone is 4. The molecule has 4 N–H and O–H groups in total. The Morgan fingerprint density at radius 1 is 0.525 bits per heavy atom. The molecule has 0 saturated heterocycles. The molecule has 0 rings (SSSR count). The van der Waals surface area contributed by atoms with Gasteiger partial charge >= 0.3 is 25.7 Å². The lowest BCUT2D eigenvalue weighted by atomic mass is 10.0. The van der Waals surface area contributed by atoms with Gasteiger partial charge in [0.25, 0.3) is 0 Å². The molecule has 0 fully saturated rings. The second-order valence-electron chi connectivity index (χ2n) is 16.2. The first kappa shape index (κ1) is 57.0. The van der Waals surface area contributed by atoms with E-state index < -0.39 is 51.1 Å². The lowest BCUT2D eigenvalue weighted by Crippen LogP contribution is -2.34. The fourth-order valence-corrected chi connectivity index (χ4v) is 7.46. The van der Waals surface area contributed by atoms with Crippen LogP contribution in [0.2, 0.25) is 0 Å². The number of phosphoric ester groups is 1. The predicted molar refractivity (Wildman–Crippen MR) is 240 cm³/mol. The van der Waals surface area contributed by atoms with Crippen LogP contribution in [0.4, 0.5) is 0 Å². The predicted octanol–water partition coefficient (Wildman–Crippen LogP) is 13.0. The van der Waals surface area contributed by atoms with E-state index in [4.69, 9.17) is 24.8 Å². The molecule has 0 aliphatic heterocycles. The monoisotopic (exact) mass is 858 g/mol. The number of carbonyl (C=O) groups is 3. The van der Waals surface area contributed by atoms with Crippen LogP contribution < -0.4 is 5.73 Å². The van der Waals surface area contributed by atoms with E-state index in [1.54, 1.807) is 0 Å². The lowest BCUT2D eigenvalue weighted by molar-refractivity contribution is -0.161. The Morgan fingerprint density at radius 3 is 1.36 bits per heavy atom. The molecule has 59 heavy (non-hydrogen) atoms. The molecule has 0 aromatic carbocycles. The van der Waals surface area contributed by atoms with Crippen LogP contribution >= 0.6 is 7.82 Å². The van der Waals surface area contributed by atoms with E-state index >= 15 is 0 Å². The fraction of sp³-hybridized carbons (Fsp3) is 0.851. The average molecular weight is 858 g/mol. The summed E-state index contributed by atoms with van der Waals surface area (Å²) >= 11 is 0. The van der Waals surface area contributed by atoms with Crippen molar-refractivity contribution in [2.45, 2.75) is 238 Å². The molecular weight excluding hydrogens is 769 g/mol. The Morgan fingerprint density at radius 2 is 0.898 bits per heavy atom. The fourth-order valence-electron chi connectivity index (χ4n) is 6.68. The third-order valence-corrected chi connectivity index (χ3v) is 11.4. The molecule has 0 amide bonds. The summed E-state index contributed by atoms with van der Waals surface area (Å²) in [7, 11) is -4.72. The van der Waals surface area contributed by atoms with E-state index in [9.17, 15) is 23.8 Å². The van der Waals surface area contributed by atoms with Crippen LogP contribution in [0.3, 0.4) is 0 Å². The summed E-state index contributed by atoms with van der Waals surface area (Å²) in [4.78, 5) is 46.0. The number of carboxylic acids is 1. The maximum atomic E-state index is 12.6. The largest absolute Gasteiger partial charge is 0.480 e. The van der Waals surface area contributed by atoms with E-state index in [0.29, 0.717) is 12.8 Å². The van der Waals surface area contributed by atoms with E-state index in [-0.39, 0.29) is 19.4 Å². The minimum Gasteiger partial charge on any atom is -0.480 e. The molecule has 0 spiro atoms. The molecular formula is C47H88NO10P. The van der Waals surface area contributed by atoms with Crippen molar-refractivity contribution in [3.8, 4) is 0 Å². The normalized spacial score (nSPS) is 13.8. The third kappa shape index (κ3) is 42.4. The van der Waals surface area contributed by atoms with E-state index in [0.717, 1.165) is 64.2 Å². The highest BCUT2D eigenvalue weighted by atomic mass is 31.2. The molecule has 0 saturated carbocycles. The summed E-state index contributed by atoms with van der Waals surface area (Å²) < 4.78 is 32.8. The molecule has 11 nitrogen and oxygen atoms in total. The highest BCUT2D eigenvalue weighted by Crippen LogP contribution is 2.43. The molecule has 0 bridgehead atoms. The number of aliphatic carboxylic acids is 1. The number of hydrogen-bond acceptors (Lipinski definition) is 9. The lowest BCUT2D eigenvalue weighted by Gasteiger charge is -2.20. The number of hydrogen-bond donors (Lipinski definition) is 3.